The van der Waals surface area contributed by atoms with E-state index in [9.17, 15) is 4.79 Å². The van der Waals surface area contributed by atoms with Crippen LogP contribution in [0.25, 0.3) is 0 Å². The molecule has 0 spiro atoms. The molecular formula is C11H18N2O3. The molecule has 1 rings (SSSR count). The standard InChI is InChI=1S/C11H18N2O3/c1-12(2)4-5-13(3)7-10-6-9(8-16-10)11(14)15/h6,8H,4-5,7H2,1-3H3,(H,14,15). The predicted molar refractivity (Wildman–Crippen MR) is 60.6 cm³/mol. The lowest BCUT2D eigenvalue weighted by molar-refractivity contribution is 0.0696. The second kappa shape index (κ2) is 5.67. The first-order valence-electron chi connectivity index (χ1n) is 5.13. The predicted octanol–water partition coefficient (Wildman–Crippen LogP) is 0.971. The highest BCUT2D eigenvalue weighted by atomic mass is 16.4. The Morgan fingerprint density at radius 3 is 2.56 bits per heavy atom. The zero-order valence-corrected chi connectivity index (χ0v) is 9.93. The van der Waals surface area contributed by atoms with Gasteiger partial charge in [0, 0.05) is 13.1 Å². The van der Waals surface area contributed by atoms with Gasteiger partial charge in [-0.3, -0.25) is 4.90 Å². The molecule has 0 fully saturated rings. The second-order valence-electron chi connectivity index (χ2n) is 4.15. The first-order valence-corrected chi connectivity index (χ1v) is 5.13. The molecule has 0 radical (unpaired) electrons. The molecule has 0 bridgehead atoms. The first-order chi connectivity index (χ1) is 7.49. The molecule has 1 aromatic rings. The number of aromatic carboxylic acids is 1. The van der Waals surface area contributed by atoms with Gasteiger partial charge in [0.2, 0.25) is 0 Å². The Balaban J connectivity index is 2.43. The number of furan rings is 1. The molecule has 0 saturated carbocycles. The minimum atomic E-state index is -0.953. The van der Waals surface area contributed by atoms with Crippen molar-refractivity contribution in [1.29, 1.82) is 0 Å². The van der Waals surface area contributed by atoms with Gasteiger partial charge >= 0.3 is 5.97 Å². The van der Waals surface area contributed by atoms with Crippen molar-refractivity contribution >= 4 is 5.97 Å². The molecule has 0 amide bonds. The summed E-state index contributed by atoms with van der Waals surface area (Å²) >= 11 is 0. The Bertz CT molecular complexity index is 347. The largest absolute Gasteiger partial charge is 0.478 e. The van der Waals surface area contributed by atoms with Crippen LogP contribution in [0.3, 0.4) is 0 Å². The Morgan fingerprint density at radius 2 is 2.06 bits per heavy atom. The molecule has 1 heterocycles. The van der Waals surface area contributed by atoms with Crippen molar-refractivity contribution in [3.05, 3.63) is 23.7 Å². The summed E-state index contributed by atoms with van der Waals surface area (Å²) < 4.78 is 5.17. The Labute approximate surface area is 95.3 Å². The summed E-state index contributed by atoms with van der Waals surface area (Å²) in [5.74, 6) is -0.274. The van der Waals surface area contributed by atoms with Gasteiger partial charge in [-0.1, -0.05) is 0 Å². The zero-order chi connectivity index (χ0) is 12.1. The zero-order valence-electron chi connectivity index (χ0n) is 9.93. The minimum Gasteiger partial charge on any atom is -0.478 e. The van der Waals surface area contributed by atoms with Gasteiger partial charge in [-0.25, -0.2) is 4.79 Å². The fourth-order valence-corrected chi connectivity index (χ4v) is 1.29. The number of carboxylic acids is 1. The van der Waals surface area contributed by atoms with Crippen LogP contribution in [0.4, 0.5) is 0 Å². The summed E-state index contributed by atoms with van der Waals surface area (Å²) in [6.45, 7) is 2.50. The summed E-state index contributed by atoms with van der Waals surface area (Å²) in [5.41, 5.74) is 0.205. The molecule has 0 aliphatic rings. The molecule has 0 atom stereocenters. The van der Waals surface area contributed by atoms with Crippen molar-refractivity contribution in [2.75, 3.05) is 34.2 Å². The average Bonchev–Trinajstić information content (AvgIpc) is 2.63. The molecule has 0 unspecified atom stereocenters. The van der Waals surface area contributed by atoms with E-state index in [1.54, 1.807) is 6.07 Å². The van der Waals surface area contributed by atoms with Crippen LogP contribution in [0.5, 0.6) is 0 Å². The smallest absolute Gasteiger partial charge is 0.338 e. The van der Waals surface area contributed by atoms with E-state index < -0.39 is 5.97 Å². The fourth-order valence-electron chi connectivity index (χ4n) is 1.29. The van der Waals surface area contributed by atoms with E-state index in [4.69, 9.17) is 9.52 Å². The molecule has 0 aliphatic heterocycles. The van der Waals surface area contributed by atoms with Gasteiger partial charge in [0.05, 0.1) is 12.1 Å². The SMILES string of the molecule is CN(C)CCN(C)Cc1cc(C(=O)O)co1. The van der Waals surface area contributed by atoms with Gasteiger partial charge in [0.15, 0.2) is 0 Å². The Morgan fingerprint density at radius 1 is 1.38 bits per heavy atom. The van der Waals surface area contributed by atoms with Crippen LogP contribution in [-0.4, -0.2) is 55.1 Å². The summed E-state index contributed by atoms with van der Waals surface area (Å²) in [6, 6.07) is 1.56. The van der Waals surface area contributed by atoms with E-state index >= 15 is 0 Å². The normalized spacial score (nSPS) is 11.3. The van der Waals surface area contributed by atoms with Crippen LogP contribution >= 0.6 is 0 Å². The maximum atomic E-state index is 10.6. The molecule has 0 aromatic carbocycles. The highest BCUT2D eigenvalue weighted by Crippen LogP contribution is 2.09. The van der Waals surface area contributed by atoms with Crippen LogP contribution in [-0.2, 0) is 6.54 Å². The van der Waals surface area contributed by atoms with Crippen molar-refractivity contribution in [3.63, 3.8) is 0 Å². The summed E-state index contributed by atoms with van der Waals surface area (Å²) in [5, 5.41) is 8.73. The van der Waals surface area contributed by atoms with Gasteiger partial charge < -0.3 is 14.4 Å². The quantitative estimate of drug-likeness (QED) is 0.783. The number of carboxylic acid groups (broad SMARTS) is 1. The number of hydrogen-bond acceptors (Lipinski definition) is 4. The van der Waals surface area contributed by atoms with E-state index in [2.05, 4.69) is 9.80 Å². The van der Waals surface area contributed by atoms with E-state index in [0.29, 0.717) is 12.3 Å². The molecule has 5 nitrogen and oxygen atoms in total. The average molecular weight is 226 g/mol. The van der Waals surface area contributed by atoms with Crippen molar-refractivity contribution in [3.8, 4) is 0 Å². The highest BCUT2D eigenvalue weighted by Gasteiger charge is 2.09. The molecule has 5 heteroatoms. The lowest BCUT2D eigenvalue weighted by Crippen LogP contribution is -2.28. The van der Waals surface area contributed by atoms with Crippen molar-refractivity contribution in [1.82, 2.24) is 9.80 Å². The summed E-state index contributed by atoms with van der Waals surface area (Å²) in [4.78, 5) is 14.8. The lowest BCUT2D eigenvalue weighted by Gasteiger charge is -2.17. The summed E-state index contributed by atoms with van der Waals surface area (Å²) in [7, 11) is 6.01. The van der Waals surface area contributed by atoms with Crippen molar-refractivity contribution in [2.24, 2.45) is 0 Å². The van der Waals surface area contributed by atoms with Crippen LogP contribution in [0.1, 0.15) is 16.1 Å². The maximum absolute atomic E-state index is 10.6. The monoisotopic (exact) mass is 226 g/mol. The third-order valence-electron chi connectivity index (χ3n) is 2.26. The molecule has 0 aliphatic carbocycles. The second-order valence-corrected chi connectivity index (χ2v) is 4.15. The van der Waals surface area contributed by atoms with Crippen LogP contribution in [0, 0.1) is 0 Å². The van der Waals surface area contributed by atoms with Gasteiger partial charge in [-0.15, -0.1) is 0 Å². The number of hydrogen-bond donors (Lipinski definition) is 1. The highest BCUT2D eigenvalue weighted by molar-refractivity contribution is 5.87. The fraction of sp³-hybridized carbons (Fsp3) is 0.545. The van der Waals surface area contributed by atoms with Gasteiger partial charge in [-0.2, -0.15) is 0 Å². The number of carbonyl (C=O) groups is 1. The van der Waals surface area contributed by atoms with Gasteiger partial charge in [-0.05, 0) is 27.2 Å². The van der Waals surface area contributed by atoms with E-state index in [1.807, 2.05) is 21.1 Å². The molecule has 1 N–H and O–H groups in total. The number of likely N-dealkylation sites (N-methyl/N-ethyl adjacent to an activating group) is 2. The molecule has 16 heavy (non-hydrogen) atoms. The maximum Gasteiger partial charge on any atom is 0.338 e. The van der Waals surface area contributed by atoms with Crippen LogP contribution in [0.2, 0.25) is 0 Å². The third-order valence-corrected chi connectivity index (χ3v) is 2.26. The topological polar surface area (TPSA) is 56.9 Å². The first kappa shape index (κ1) is 12.7. The molecule has 90 valence electrons. The van der Waals surface area contributed by atoms with E-state index in [-0.39, 0.29) is 5.56 Å². The Hall–Kier alpha value is -1.33. The van der Waals surface area contributed by atoms with Crippen LogP contribution < -0.4 is 0 Å². The minimum absolute atomic E-state index is 0.205. The summed E-state index contributed by atoms with van der Waals surface area (Å²) in [6.07, 6.45) is 1.28. The van der Waals surface area contributed by atoms with Gasteiger partial charge in [0.1, 0.15) is 12.0 Å². The lowest BCUT2D eigenvalue weighted by atomic mass is 10.3. The van der Waals surface area contributed by atoms with Crippen molar-refractivity contribution in [2.45, 2.75) is 6.54 Å². The van der Waals surface area contributed by atoms with E-state index in [0.717, 1.165) is 13.1 Å². The number of rotatable bonds is 6. The third kappa shape index (κ3) is 4.04. The van der Waals surface area contributed by atoms with Crippen LogP contribution in [0.15, 0.2) is 16.7 Å². The van der Waals surface area contributed by atoms with Gasteiger partial charge in [0.25, 0.3) is 0 Å². The molecular weight excluding hydrogens is 208 g/mol. The Kier molecular flexibility index (Phi) is 4.52. The molecule has 1 aromatic heterocycles. The van der Waals surface area contributed by atoms with Crippen molar-refractivity contribution < 1.29 is 14.3 Å². The van der Waals surface area contributed by atoms with E-state index in [1.165, 1.54) is 6.26 Å². The molecule has 0 saturated heterocycles. The number of nitrogens with zero attached hydrogens (tertiary/aromatic N) is 2.